The summed E-state index contributed by atoms with van der Waals surface area (Å²) in [5, 5.41) is 23.0. The Morgan fingerprint density at radius 3 is 2.79 bits per heavy atom. The Morgan fingerprint density at radius 1 is 1.34 bits per heavy atom. The van der Waals surface area contributed by atoms with E-state index >= 15 is 0 Å². The Morgan fingerprint density at radius 2 is 2.10 bits per heavy atom. The second-order valence-corrected chi connectivity index (χ2v) is 9.95. The van der Waals surface area contributed by atoms with E-state index in [0.717, 1.165) is 41.0 Å². The molecule has 0 unspecified atom stereocenters. The molecule has 6 nitrogen and oxygen atoms in total. The van der Waals surface area contributed by atoms with Gasteiger partial charge in [0.05, 0.1) is 32.7 Å². The van der Waals surface area contributed by atoms with Gasteiger partial charge in [0.2, 0.25) is 5.75 Å². The van der Waals surface area contributed by atoms with E-state index in [1.165, 1.54) is 20.0 Å². The van der Waals surface area contributed by atoms with Crippen LogP contribution in [0.5, 0.6) is 17.2 Å². The van der Waals surface area contributed by atoms with Crippen molar-refractivity contribution in [3.05, 3.63) is 24.6 Å². The molecule has 158 valence electrons. The van der Waals surface area contributed by atoms with Crippen molar-refractivity contribution in [1.29, 1.82) is 0 Å². The van der Waals surface area contributed by atoms with E-state index in [4.69, 9.17) is 9.47 Å². The van der Waals surface area contributed by atoms with Gasteiger partial charge >= 0.3 is 0 Å². The molecule has 2 N–H and O–H groups in total. The molecule has 2 heterocycles. The van der Waals surface area contributed by atoms with Crippen LogP contribution in [-0.4, -0.2) is 65.5 Å². The zero-order valence-electron chi connectivity index (χ0n) is 17.5. The predicted octanol–water partition coefficient (Wildman–Crippen LogP) is 2.13. The van der Waals surface area contributed by atoms with Crippen molar-refractivity contribution in [3.8, 4) is 17.2 Å². The SMILES string of the molecule is COc1cc2c3c(c1O)O[C@H]1C(=O)CC[C@@]4(O)[C@@H](C2)[N@@+](C)(CC2CC2)CC[C@]314.[CH3-]. The molecule has 5 aliphatic rings. The number of aliphatic hydroxyl groups is 1. The summed E-state index contributed by atoms with van der Waals surface area (Å²) in [6.07, 6.45) is 4.14. The Hall–Kier alpha value is -1.79. The summed E-state index contributed by atoms with van der Waals surface area (Å²) >= 11 is 0. The van der Waals surface area contributed by atoms with Gasteiger partial charge in [-0.05, 0) is 30.9 Å². The molecule has 0 aromatic heterocycles. The molecule has 1 aromatic rings. The molecule has 2 bridgehead atoms. The Balaban J connectivity index is 0.00000181. The number of phenolic OH excluding ortho intramolecular Hbond substituents is 1. The topological polar surface area (TPSA) is 76.0 Å². The average Bonchev–Trinajstić information content (AvgIpc) is 3.39. The summed E-state index contributed by atoms with van der Waals surface area (Å²) in [5.41, 5.74) is 0.227. The zero-order chi connectivity index (χ0) is 19.5. The summed E-state index contributed by atoms with van der Waals surface area (Å²) in [4.78, 5) is 12.9. The normalized spacial score (nSPS) is 41.3. The molecule has 29 heavy (non-hydrogen) atoms. The number of phenols is 1. The van der Waals surface area contributed by atoms with Gasteiger partial charge in [0.25, 0.3) is 0 Å². The van der Waals surface area contributed by atoms with Gasteiger partial charge < -0.3 is 31.6 Å². The molecule has 3 aliphatic carbocycles. The molecular weight excluding hydrogens is 370 g/mol. The van der Waals surface area contributed by atoms with E-state index in [9.17, 15) is 15.0 Å². The molecule has 6 heteroatoms. The minimum atomic E-state index is -0.979. The maximum absolute atomic E-state index is 12.9. The number of piperidine rings is 1. The van der Waals surface area contributed by atoms with Gasteiger partial charge in [0, 0.05) is 30.7 Å². The Labute approximate surface area is 172 Å². The zero-order valence-corrected chi connectivity index (χ0v) is 17.5. The number of ketones is 1. The first-order chi connectivity index (χ1) is 13.3. The van der Waals surface area contributed by atoms with Gasteiger partial charge in [-0.25, -0.2) is 0 Å². The predicted molar refractivity (Wildman–Crippen MR) is 107 cm³/mol. The molecule has 1 spiro atoms. The Bertz CT molecular complexity index is 911. The largest absolute Gasteiger partial charge is 0.502 e. The van der Waals surface area contributed by atoms with Crippen LogP contribution >= 0.6 is 0 Å². The summed E-state index contributed by atoms with van der Waals surface area (Å²) in [7, 11) is 3.82. The molecule has 5 atom stereocenters. The number of carbonyl (C=O) groups is 1. The summed E-state index contributed by atoms with van der Waals surface area (Å²) < 4.78 is 12.4. The van der Waals surface area contributed by atoms with Crippen molar-refractivity contribution < 1.29 is 29.0 Å². The van der Waals surface area contributed by atoms with Crippen molar-refractivity contribution in [2.24, 2.45) is 5.92 Å². The van der Waals surface area contributed by atoms with Gasteiger partial charge in [-0.2, -0.15) is 0 Å². The smallest absolute Gasteiger partial charge is 0.201 e. The summed E-state index contributed by atoms with van der Waals surface area (Å²) in [6, 6.07) is 1.94. The first-order valence-electron chi connectivity index (χ1n) is 10.5. The highest BCUT2D eigenvalue weighted by Crippen LogP contribution is 2.67. The number of ether oxygens (including phenoxy) is 2. The van der Waals surface area contributed by atoms with E-state index < -0.39 is 17.1 Å². The first-order valence-corrected chi connectivity index (χ1v) is 10.5. The fraction of sp³-hybridized carbons (Fsp3) is 0.652. The van der Waals surface area contributed by atoms with Gasteiger partial charge in [-0.1, -0.05) is 0 Å². The number of rotatable bonds is 3. The molecule has 2 aliphatic heterocycles. The van der Waals surface area contributed by atoms with Crippen LogP contribution in [0.25, 0.3) is 0 Å². The number of quaternary nitrogens is 1. The van der Waals surface area contributed by atoms with Crippen molar-refractivity contribution >= 4 is 5.78 Å². The van der Waals surface area contributed by atoms with Crippen LogP contribution in [0.3, 0.4) is 0 Å². The van der Waals surface area contributed by atoms with E-state index in [2.05, 4.69) is 7.05 Å². The van der Waals surface area contributed by atoms with Crippen LogP contribution in [0, 0.1) is 13.3 Å². The number of nitrogens with zero attached hydrogens (tertiary/aromatic N) is 1. The third kappa shape index (κ3) is 2.07. The highest BCUT2D eigenvalue weighted by molar-refractivity contribution is 5.90. The molecule has 0 radical (unpaired) electrons. The highest BCUT2D eigenvalue weighted by Gasteiger charge is 2.76. The molecule has 2 saturated carbocycles. The quantitative estimate of drug-likeness (QED) is 0.599. The van der Waals surface area contributed by atoms with E-state index in [-0.39, 0.29) is 25.0 Å². The molecule has 6 rings (SSSR count). The maximum Gasteiger partial charge on any atom is 0.201 e. The van der Waals surface area contributed by atoms with Crippen LogP contribution in [0.15, 0.2) is 6.07 Å². The number of likely N-dealkylation sites (tertiary alicyclic amines) is 1. The van der Waals surface area contributed by atoms with Crippen LogP contribution in [0.2, 0.25) is 0 Å². The number of benzene rings is 1. The van der Waals surface area contributed by atoms with Gasteiger partial charge in [-0.3, -0.25) is 4.79 Å². The maximum atomic E-state index is 12.9. The number of likely N-dealkylation sites (N-methyl/N-ethyl adjacent to an activating group) is 1. The number of hydrogen-bond donors (Lipinski definition) is 2. The monoisotopic (exact) mass is 401 g/mol. The van der Waals surface area contributed by atoms with Crippen LogP contribution in [0.4, 0.5) is 0 Å². The highest BCUT2D eigenvalue weighted by atomic mass is 16.5. The summed E-state index contributed by atoms with van der Waals surface area (Å²) in [6.45, 7) is 2.03. The van der Waals surface area contributed by atoms with Crippen molar-refractivity contribution in [2.45, 2.75) is 61.7 Å². The lowest BCUT2D eigenvalue weighted by molar-refractivity contribution is -0.950. The van der Waals surface area contributed by atoms with Crippen molar-refractivity contribution in [3.63, 3.8) is 0 Å². The fourth-order valence-corrected chi connectivity index (χ4v) is 7.14. The molecule has 0 amide bonds. The summed E-state index contributed by atoms with van der Waals surface area (Å²) in [5.74, 6) is 1.51. The lowest BCUT2D eigenvalue weighted by Gasteiger charge is -2.64. The molecule has 3 fully saturated rings. The number of methoxy groups -OCH3 is 1. The van der Waals surface area contributed by atoms with Crippen molar-refractivity contribution in [1.82, 2.24) is 0 Å². The minimum Gasteiger partial charge on any atom is -0.502 e. The first kappa shape index (κ1) is 19.2. The van der Waals surface area contributed by atoms with Gasteiger partial charge in [0.1, 0.15) is 11.6 Å². The number of hydrogen-bond acceptors (Lipinski definition) is 5. The Kier molecular flexibility index (Phi) is 3.75. The fourth-order valence-electron chi connectivity index (χ4n) is 7.14. The minimum absolute atomic E-state index is 0. The number of carbonyl (C=O) groups excluding carboxylic acids is 1. The van der Waals surface area contributed by atoms with Crippen LogP contribution in [-0.2, 0) is 16.6 Å². The second kappa shape index (κ2) is 5.67. The third-order valence-electron chi connectivity index (χ3n) is 8.57. The van der Waals surface area contributed by atoms with E-state index in [1.54, 1.807) is 0 Å². The van der Waals surface area contributed by atoms with Gasteiger partial charge in [-0.15, -0.1) is 0 Å². The van der Waals surface area contributed by atoms with Gasteiger partial charge in [0.15, 0.2) is 23.4 Å². The lowest BCUT2D eigenvalue weighted by atomic mass is 9.48. The molecule has 1 saturated heterocycles. The average molecular weight is 402 g/mol. The molecular formula is C23H31NO5. The number of aromatic hydroxyl groups is 1. The van der Waals surface area contributed by atoms with Crippen molar-refractivity contribution in [2.75, 3.05) is 27.2 Å². The molecule has 1 aromatic carbocycles. The van der Waals surface area contributed by atoms with Crippen LogP contribution in [0.1, 0.15) is 43.2 Å². The second-order valence-electron chi connectivity index (χ2n) is 9.95. The van der Waals surface area contributed by atoms with E-state index in [1.807, 2.05) is 6.07 Å². The standard InChI is InChI=1S/C22H27NO5.CH3/c1-23(11-12-3-4-12)8-7-21-17-13-9-15(27-2)18(25)19(17)28-20(21)14(24)5-6-22(21,26)16(23)10-13;/h9,12,16,20,26H,3-8,10-11H2,1-2H3;1H3/q;-1/p+1/t16-,20+,21+,22-,23-;/m1./s1. The number of Topliss-reactive ketones (excluding diaryl/α,β-unsaturated/α-hetero) is 1. The van der Waals surface area contributed by atoms with E-state index in [0.29, 0.717) is 30.8 Å². The lowest BCUT2D eigenvalue weighted by Crippen LogP contribution is -2.80. The third-order valence-corrected chi connectivity index (χ3v) is 8.57. The van der Waals surface area contributed by atoms with Crippen LogP contribution < -0.4 is 9.47 Å².